The van der Waals surface area contributed by atoms with Gasteiger partial charge in [-0.05, 0) is 29.3 Å². The number of hydrogen-bond acceptors (Lipinski definition) is 2. The van der Waals surface area contributed by atoms with E-state index in [4.69, 9.17) is 8.85 Å². The van der Waals surface area contributed by atoms with Gasteiger partial charge in [0.2, 0.25) is 0 Å². The van der Waals surface area contributed by atoms with Crippen LogP contribution in [0.4, 0.5) is 0 Å². The van der Waals surface area contributed by atoms with E-state index in [9.17, 15) is 0 Å². The van der Waals surface area contributed by atoms with Crippen molar-refractivity contribution in [1.82, 2.24) is 0 Å². The zero-order valence-electron chi connectivity index (χ0n) is 13.0. The highest BCUT2D eigenvalue weighted by Crippen LogP contribution is 2.38. The summed E-state index contributed by atoms with van der Waals surface area (Å²) in [5.41, 5.74) is 0. The van der Waals surface area contributed by atoms with Gasteiger partial charge in [0.1, 0.15) is 11.5 Å². The summed E-state index contributed by atoms with van der Waals surface area (Å²) in [7, 11) is 0.914. The molecule has 0 fully saturated rings. The molecule has 1 aliphatic rings. The summed E-state index contributed by atoms with van der Waals surface area (Å²) in [6.07, 6.45) is 5.13. The smallest absolute Gasteiger partial charge is 0.444 e. The van der Waals surface area contributed by atoms with Crippen LogP contribution >= 0.6 is 9.24 Å². The standard InChI is InChI=1S/C16H20O2Si.CH5P/c1-2-3-4-7-10-19-17-15-11-13-8-5-6-9-14(13)12-16(15)18-19;1-2/h5-6,8-9,11-12,19H,2-4,7,10H2,1H3;2H2,1H3. The van der Waals surface area contributed by atoms with Gasteiger partial charge in [-0.1, -0.05) is 57.1 Å². The molecule has 0 bridgehead atoms. The van der Waals surface area contributed by atoms with E-state index in [0.717, 1.165) is 17.5 Å². The maximum absolute atomic E-state index is 6.01. The number of benzene rings is 2. The quantitative estimate of drug-likeness (QED) is 0.443. The molecule has 1 atom stereocenters. The van der Waals surface area contributed by atoms with Crippen molar-refractivity contribution in [1.29, 1.82) is 0 Å². The molecule has 2 nitrogen and oxygen atoms in total. The monoisotopic (exact) mass is 320 g/mol. The van der Waals surface area contributed by atoms with E-state index < -0.39 is 9.28 Å². The van der Waals surface area contributed by atoms with Crippen LogP contribution in [0.3, 0.4) is 0 Å². The van der Waals surface area contributed by atoms with Gasteiger partial charge in [0, 0.05) is 6.04 Å². The van der Waals surface area contributed by atoms with Crippen molar-refractivity contribution in [2.45, 2.75) is 38.7 Å². The predicted octanol–water partition coefficient (Wildman–Crippen LogP) is 4.90. The van der Waals surface area contributed by atoms with Gasteiger partial charge >= 0.3 is 9.28 Å². The fourth-order valence-electron chi connectivity index (χ4n) is 2.55. The van der Waals surface area contributed by atoms with Crippen LogP contribution in [0.15, 0.2) is 36.4 Å². The van der Waals surface area contributed by atoms with Crippen LogP contribution in [-0.4, -0.2) is 15.9 Å². The van der Waals surface area contributed by atoms with E-state index in [0.29, 0.717) is 0 Å². The van der Waals surface area contributed by atoms with Crippen molar-refractivity contribution >= 4 is 29.3 Å². The Morgan fingerprint density at radius 3 is 2.00 bits per heavy atom. The summed E-state index contributed by atoms with van der Waals surface area (Å²) in [4.78, 5) is 0. The molecule has 0 amide bonds. The average molecular weight is 320 g/mol. The summed E-state index contributed by atoms with van der Waals surface area (Å²) < 4.78 is 12.0. The molecule has 0 radical (unpaired) electrons. The molecular weight excluding hydrogens is 295 g/mol. The molecule has 0 saturated carbocycles. The largest absolute Gasteiger partial charge is 0.511 e. The first kappa shape index (κ1) is 16.3. The molecule has 2 aromatic rings. The zero-order chi connectivity index (χ0) is 15.1. The summed E-state index contributed by atoms with van der Waals surface area (Å²) in [6.45, 7) is 4.15. The Balaban J connectivity index is 0.000000774. The molecule has 1 aliphatic heterocycles. The molecule has 21 heavy (non-hydrogen) atoms. The first-order chi connectivity index (χ1) is 10.4. The molecular formula is C17H25O2PSi. The van der Waals surface area contributed by atoms with Crippen molar-refractivity contribution in [3.63, 3.8) is 0 Å². The van der Waals surface area contributed by atoms with Crippen molar-refractivity contribution in [3.05, 3.63) is 36.4 Å². The summed E-state index contributed by atoms with van der Waals surface area (Å²) in [6, 6.07) is 13.7. The highest BCUT2D eigenvalue weighted by atomic mass is 31.0. The molecule has 0 saturated heterocycles. The van der Waals surface area contributed by atoms with Gasteiger partial charge in [-0.3, -0.25) is 0 Å². The van der Waals surface area contributed by atoms with E-state index in [2.05, 4.69) is 52.6 Å². The SMILES string of the molecule is CCCCCC[SiH]1Oc2cc3ccccc3cc2O1.CP. The molecule has 4 heteroatoms. The molecule has 0 aliphatic carbocycles. The van der Waals surface area contributed by atoms with E-state index in [1.807, 2.05) is 6.66 Å². The van der Waals surface area contributed by atoms with Crippen LogP contribution < -0.4 is 8.85 Å². The van der Waals surface area contributed by atoms with Gasteiger partial charge in [-0.15, -0.1) is 9.24 Å². The highest BCUT2D eigenvalue weighted by Gasteiger charge is 2.27. The molecule has 114 valence electrons. The Bertz CT molecular complexity index is 529. The first-order valence-corrected chi connectivity index (χ1v) is 10.7. The predicted molar refractivity (Wildman–Crippen MR) is 96.9 cm³/mol. The third-order valence-corrected chi connectivity index (χ3v) is 5.54. The van der Waals surface area contributed by atoms with Crippen LogP contribution in [0.5, 0.6) is 11.5 Å². The second-order valence-electron chi connectivity index (χ2n) is 5.16. The van der Waals surface area contributed by atoms with Crippen molar-refractivity contribution < 1.29 is 8.85 Å². The first-order valence-electron chi connectivity index (χ1n) is 7.80. The summed E-state index contributed by atoms with van der Waals surface area (Å²) in [5, 5.41) is 2.45. The molecule has 1 heterocycles. The fourth-order valence-corrected chi connectivity index (χ4v) is 4.39. The second-order valence-corrected chi connectivity index (χ2v) is 7.07. The van der Waals surface area contributed by atoms with E-state index in [-0.39, 0.29) is 0 Å². The Labute approximate surface area is 131 Å². The van der Waals surface area contributed by atoms with E-state index >= 15 is 0 Å². The molecule has 0 spiro atoms. The lowest BCUT2D eigenvalue weighted by Gasteiger charge is -2.06. The van der Waals surface area contributed by atoms with Crippen LogP contribution in [0, 0.1) is 0 Å². The van der Waals surface area contributed by atoms with Crippen LogP contribution in [0.2, 0.25) is 6.04 Å². The van der Waals surface area contributed by atoms with Crippen LogP contribution in [0.25, 0.3) is 10.8 Å². The average Bonchev–Trinajstić information content (AvgIpc) is 2.92. The van der Waals surface area contributed by atoms with E-state index in [1.54, 1.807) is 0 Å². The zero-order valence-corrected chi connectivity index (χ0v) is 15.3. The highest BCUT2D eigenvalue weighted by molar-refractivity contribution is 7.15. The van der Waals surface area contributed by atoms with Gasteiger partial charge in [-0.2, -0.15) is 0 Å². The van der Waals surface area contributed by atoms with Gasteiger partial charge in [-0.25, -0.2) is 0 Å². The number of fused-ring (bicyclic) bond motifs is 2. The topological polar surface area (TPSA) is 18.5 Å². The van der Waals surface area contributed by atoms with Gasteiger partial charge in [0.25, 0.3) is 0 Å². The van der Waals surface area contributed by atoms with Crippen molar-refractivity contribution in [2.24, 2.45) is 0 Å². The van der Waals surface area contributed by atoms with Crippen LogP contribution in [-0.2, 0) is 0 Å². The minimum absolute atomic E-state index is 0.950. The number of unbranched alkanes of at least 4 members (excludes halogenated alkanes) is 3. The minimum atomic E-state index is -1.50. The van der Waals surface area contributed by atoms with Gasteiger partial charge in [0.05, 0.1) is 0 Å². The second kappa shape index (κ2) is 8.40. The molecule has 0 aromatic heterocycles. The molecule has 3 rings (SSSR count). The Morgan fingerprint density at radius 2 is 1.48 bits per heavy atom. The maximum Gasteiger partial charge on any atom is 0.444 e. The summed E-state index contributed by atoms with van der Waals surface area (Å²) in [5.74, 6) is 1.90. The molecule has 0 N–H and O–H groups in total. The lowest BCUT2D eigenvalue weighted by Crippen LogP contribution is -2.23. The van der Waals surface area contributed by atoms with Crippen molar-refractivity contribution in [2.75, 3.05) is 6.66 Å². The van der Waals surface area contributed by atoms with Gasteiger partial charge < -0.3 is 8.85 Å². The minimum Gasteiger partial charge on any atom is -0.511 e. The Hall–Kier alpha value is -1.05. The molecule has 2 aromatic carbocycles. The Kier molecular flexibility index (Phi) is 6.53. The molecule has 1 unspecified atom stereocenters. The Morgan fingerprint density at radius 1 is 0.905 bits per heavy atom. The number of rotatable bonds is 5. The third-order valence-electron chi connectivity index (χ3n) is 3.62. The normalized spacial score (nSPS) is 13.1. The number of hydrogen-bond donors (Lipinski definition) is 0. The van der Waals surface area contributed by atoms with Gasteiger partial charge in [0.15, 0.2) is 0 Å². The lowest BCUT2D eigenvalue weighted by molar-refractivity contribution is 0.489. The summed E-state index contributed by atoms with van der Waals surface area (Å²) >= 11 is 0. The van der Waals surface area contributed by atoms with Crippen LogP contribution in [0.1, 0.15) is 32.6 Å². The maximum atomic E-state index is 6.01. The third kappa shape index (κ3) is 4.21. The van der Waals surface area contributed by atoms with Crippen molar-refractivity contribution in [3.8, 4) is 11.5 Å². The van der Waals surface area contributed by atoms with E-state index in [1.165, 1.54) is 36.5 Å². The fraction of sp³-hybridized carbons (Fsp3) is 0.412. The lowest BCUT2D eigenvalue weighted by atomic mass is 10.1.